The second-order valence-corrected chi connectivity index (χ2v) is 7.80. The number of ether oxygens (including phenoxy) is 1. The van der Waals surface area contributed by atoms with Crippen LogP contribution in [0.25, 0.3) is 11.3 Å². The van der Waals surface area contributed by atoms with E-state index in [1.807, 2.05) is 24.3 Å². The smallest absolute Gasteiger partial charge is 0.228 e. The lowest BCUT2D eigenvalue weighted by atomic mass is 10.1. The molecule has 166 valence electrons. The number of pyridine rings is 1. The molecule has 2 aromatic heterocycles. The minimum atomic E-state index is -0.889. The van der Waals surface area contributed by atoms with Crippen LogP contribution in [0.3, 0.4) is 0 Å². The summed E-state index contributed by atoms with van der Waals surface area (Å²) in [6.07, 6.45) is 1.80. The van der Waals surface area contributed by atoms with Gasteiger partial charge in [-0.25, -0.2) is 18.7 Å². The summed E-state index contributed by atoms with van der Waals surface area (Å²) in [5.74, 6) is 0.554. The zero-order chi connectivity index (χ0) is 21.9. The average Bonchev–Trinajstić information content (AvgIpc) is 2.86. The maximum Gasteiger partial charge on any atom is 0.228 e. The fourth-order valence-electron chi connectivity index (χ4n) is 4.00. The van der Waals surface area contributed by atoms with E-state index in [0.717, 1.165) is 57.0 Å². The van der Waals surface area contributed by atoms with Crippen molar-refractivity contribution in [3.8, 4) is 11.3 Å². The number of nitrogens with zero attached hydrogens (tertiary/aromatic N) is 6. The Kier molecular flexibility index (Phi) is 5.81. The van der Waals surface area contributed by atoms with Crippen molar-refractivity contribution in [1.29, 1.82) is 0 Å². The molecule has 2 saturated heterocycles. The van der Waals surface area contributed by atoms with Gasteiger partial charge in [0.25, 0.3) is 0 Å². The van der Waals surface area contributed by atoms with Gasteiger partial charge in [0.05, 0.1) is 18.9 Å². The summed E-state index contributed by atoms with van der Waals surface area (Å²) < 4.78 is 32.9. The Morgan fingerprint density at radius 1 is 0.719 bits per heavy atom. The van der Waals surface area contributed by atoms with Gasteiger partial charge in [-0.2, -0.15) is 4.98 Å². The first-order chi connectivity index (χ1) is 15.7. The molecule has 0 unspecified atom stereocenters. The third-order valence-electron chi connectivity index (χ3n) is 5.79. The standard InChI is InChI=1S/C23H24F2N6O/c24-18-5-4-17(15-19(18)25)20-16-22(30-11-13-32-14-12-30)28-23(27-20)31-9-7-29(8-10-31)21-3-1-2-6-26-21/h1-6,15-16H,7-14H2. The molecule has 2 aliphatic rings. The number of rotatable bonds is 4. The molecule has 5 rings (SSSR count). The Hall–Kier alpha value is -3.33. The number of morpholine rings is 1. The van der Waals surface area contributed by atoms with Crippen LogP contribution in [-0.2, 0) is 4.74 Å². The van der Waals surface area contributed by atoms with Crippen molar-refractivity contribution in [3.63, 3.8) is 0 Å². The zero-order valence-corrected chi connectivity index (χ0v) is 17.6. The molecule has 2 fully saturated rings. The van der Waals surface area contributed by atoms with Crippen LogP contribution in [0.1, 0.15) is 0 Å². The Morgan fingerprint density at radius 3 is 2.19 bits per heavy atom. The van der Waals surface area contributed by atoms with Crippen molar-refractivity contribution < 1.29 is 13.5 Å². The van der Waals surface area contributed by atoms with E-state index in [2.05, 4.69) is 19.7 Å². The van der Waals surface area contributed by atoms with Crippen molar-refractivity contribution >= 4 is 17.6 Å². The van der Waals surface area contributed by atoms with Crippen LogP contribution >= 0.6 is 0 Å². The summed E-state index contributed by atoms with van der Waals surface area (Å²) >= 11 is 0. The van der Waals surface area contributed by atoms with Crippen molar-refractivity contribution in [1.82, 2.24) is 15.0 Å². The van der Waals surface area contributed by atoms with Crippen LogP contribution in [0.5, 0.6) is 0 Å². The van der Waals surface area contributed by atoms with E-state index in [-0.39, 0.29) is 0 Å². The van der Waals surface area contributed by atoms with Crippen LogP contribution in [0.15, 0.2) is 48.7 Å². The largest absolute Gasteiger partial charge is 0.378 e. The number of hydrogen-bond acceptors (Lipinski definition) is 7. The van der Waals surface area contributed by atoms with Gasteiger partial charge < -0.3 is 19.4 Å². The highest BCUT2D eigenvalue weighted by Crippen LogP contribution is 2.27. The topological polar surface area (TPSA) is 57.6 Å². The molecular weight excluding hydrogens is 414 g/mol. The third-order valence-corrected chi connectivity index (χ3v) is 5.79. The lowest BCUT2D eigenvalue weighted by Gasteiger charge is -2.36. The maximum atomic E-state index is 13.9. The summed E-state index contributed by atoms with van der Waals surface area (Å²) in [6.45, 7) is 5.76. The first-order valence-corrected chi connectivity index (χ1v) is 10.8. The summed E-state index contributed by atoms with van der Waals surface area (Å²) in [6, 6.07) is 11.6. The number of halogens is 2. The van der Waals surface area contributed by atoms with E-state index in [0.29, 0.717) is 30.4 Å². The van der Waals surface area contributed by atoms with E-state index in [9.17, 15) is 8.78 Å². The zero-order valence-electron chi connectivity index (χ0n) is 17.6. The predicted octanol–water partition coefficient (Wildman–Crippen LogP) is 2.98. The second kappa shape index (κ2) is 9.04. The fraction of sp³-hybridized carbons (Fsp3) is 0.348. The summed E-state index contributed by atoms with van der Waals surface area (Å²) in [7, 11) is 0. The first-order valence-electron chi connectivity index (χ1n) is 10.8. The molecule has 0 N–H and O–H groups in total. The highest BCUT2D eigenvalue weighted by molar-refractivity contribution is 5.65. The Balaban J connectivity index is 1.44. The monoisotopic (exact) mass is 438 g/mol. The SMILES string of the molecule is Fc1ccc(-c2cc(N3CCOCC3)nc(N3CCN(c4ccccn4)CC3)n2)cc1F. The number of aromatic nitrogens is 3. The number of piperazine rings is 1. The number of anilines is 3. The van der Waals surface area contributed by atoms with Crippen LogP contribution in [-0.4, -0.2) is 67.4 Å². The molecule has 32 heavy (non-hydrogen) atoms. The fourth-order valence-corrected chi connectivity index (χ4v) is 4.00. The number of benzene rings is 1. The molecule has 4 heterocycles. The van der Waals surface area contributed by atoms with Crippen molar-refractivity contribution in [2.45, 2.75) is 0 Å². The van der Waals surface area contributed by atoms with Crippen molar-refractivity contribution in [2.24, 2.45) is 0 Å². The molecule has 0 amide bonds. The summed E-state index contributed by atoms with van der Waals surface area (Å²) in [5.41, 5.74) is 1.09. The van der Waals surface area contributed by atoms with Crippen LogP contribution in [0.4, 0.5) is 26.4 Å². The Bertz CT molecular complexity index is 1070. The normalized spacial score (nSPS) is 17.0. The summed E-state index contributed by atoms with van der Waals surface area (Å²) in [4.78, 5) is 20.5. The van der Waals surface area contributed by atoms with E-state index in [1.165, 1.54) is 6.07 Å². The molecule has 1 aromatic carbocycles. The van der Waals surface area contributed by atoms with E-state index >= 15 is 0 Å². The van der Waals surface area contributed by atoms with Crippen LogP contribution < -0.4 is 14.7 Å². The average molecular weight is 438 g/mol. The summed E-state index contributed by atoms with van der Waals surface area (Å²) in [5, 5.41) is 0. The highest BCUT2D eigenvalue weighted by Gasteiger charge is 2.23. The van der Waals surface area contributed by atoms with Gasteiger partial charge in [-0.05, 0) is 30.3 Å². The molecule has 3 aromatic rings. The molecule has 9 heteroatoms. The minimum Gasteiger partial charge on any atom is -0.378 e. The van der Waals surface area contributed by atoms with Gasteiger partial charge in [0.15, 0.2) is 11.6 Å². The molecule has 0 atom stereocenters. The lowest BCUT2D eigenvalue weighted by Crippen LogP contribution is -2.47. The molecule has 0 bridgehead atoms. The quantitative estimate of drug-likeness (QED) is 0.621. The lowest BCUT2D eigenvalue weighted by molar-refractivity contribution is 0.122. The molecule has 0 aliphatic carbocycles. The minimum absolute atomic E-state index is 0.522. The first kappa shape index (κ1) is 20.6. The van der Waals surface area contributed by atoms with Gasteiger partial charge in [0.2, 0.25) is 5.95 Å². The maximum absolute atomic E-state index is 13.9. The number of hydrogen-bond donors (Lipinski definition) is 0. The van der Waals surface area contributed by atoms with Crippen molar-refractivity contribution in [3.05, 3.63) is 60.3 Å². The molecule has 2 aliphatic heterocycles. The molecular formula is C23H24F2N6O. The van der Waals surface area contributed by atoms with Gasteiger partial charge in [0, 0.05) is 57.1 Å². The third kappa shape index (κ3) is 4.34. The van der Waals surface area contributed by atoms with E-state index in [4.69, 9.17) is 14.7 Å². The van der Waals surface area contributed by atoms with Crippen molar-refractivity contribution in [2.75, 3.05) is 67.2 Å². The van der Waals surface area contributed by atoms with Gasteiger partial charge in [-0.3, -0.25) is 0 Å². The van der Waals surface area contributed by atoms with E-state index < -0.39 is 11.6 Å². The Morgan fingerprint density at radius 2 is 1.47 bits per heavy atom. The van der Waals surface area contributed by atoms with Gasteiger partial charge in [-0.15, -0.1) is 0 Å². The van der Waals surface area contributed by atoms with E-state index in [1.54, 1.807) is 12.3 Å². The molecule has 0 spiro atoms. The van der Waals surface area contributed by atoms with Gasteiger partial charge >= 0.3 is 0 Å². The molecule has 0 radical (unpaired) electrons. The van der Waals surface area contributed by atoms with Crippen LogP contribution in [0, 0.1) is 11.6 Å². The molecule has 0 saturated carbocycles. The predicted molar refractivity (Wildman–Crippen MR) is 119 cm³/mol. The highest BCUT2D eigenvalue weighted by atomic mass is 19.2. The van der Waals surface area contributed by atoms with Gasteiger partial charge in [-0.1, -0.05) is 6.07 Å². The second-order valence-electron chi connectivity index (χ2n) is 7.80. The Labute approximate surface area is 185 Å². The van der Waals surface area contributed by atoms with Gasteiger partial charge in [0.1, 0.15) is 11.6 Å². The van der Waals surface area contributed by atoms with Crippen LogP contribution in [0.2, 0.25) is 0 Å². The molecule has 7 nitrogen and oxygen atoms in total.